The fourth-order valence-corrected chi connectivity index (χ4v) is 8.13. The van der Waals surface area contributed by atoms with E-state index in [1.807, 2.05) is 0 Å². The van der Waals surface area contributed by atoms with Gasteiger partial charge in [0.25, 0.3) is 20.0 Å². The van der Waals surface area contributed by atoms with Gasteiger partial charge in [0.15, 0.2) is 0 Å². The van der Waals surface area contributed by atoms with Gasteiger partial charge in [-0.2, -0.15) is 0 Å². The number of sulfonamides is 2. The predicted molar refractivity (Wildman–Crippen MR) is 221 cm³/mol. The molecule has 0 amide bonds. The Morgan fingerprint density at radius 2 is 0.952 bits per heavy atom. The highest BCUT2D eigenvalue weighted by Gasteiger charge is 2.31. The Kier molecular flexibility index (Phi) is 15.6. The van der Waals surface area contributed by atoms with Crippen LogP contribution in [0.1, 0.15) is 20.7 Å². The zero-order valence-electron chi connectivity index (χ0n) is 31.9. The number of alkyl halides is 3. The fourth-order valence-electron chi connectivity index (χ4n) is 5.00. The Bertz CT molecular complexity index is 2630. The number of nitrogens with one attached hydrogen (secondary N) is 2. The molecule has 0 bridgehead atoms. The molecule has 62 heavy (non-hydrogen) atoms. The molecule has 21 heteroatoms. The second kappa shape index (κ2) is 21.0. The summed E-state index contributed by atoms with van der Waals surface area (Å²) < 4.78 is 118. The smallest absolute Gasteiger partial charge is 0.490 e. The van der Waals surface area contributed by atoms with E-state index in [1.165, 1.54) is 54.6 Å². The normalized spacial score (nSPS) is 11.3. The lowest BCUT2D eigenvalue weighted by molar-refractivity contribution is -0.274. The second-order valence-corrected chi connectivity index (χ2v) is 16.7. The molecule has 0 unspecified atom stereocenters. The van der Waals surface area contributed by atoms with Crippen molar-refractivity contribution < 1.29 is 73.5 Å². The number of anilines is 2. The predicted octanol–water partition coefficient (Wildman–Crippen LogP) is 8.25. The molecule has 6 rings (SSSR count). The van der Waals surface area contributed by atoms with Crippen LogP contribution in [-0.4, -0.2) is 71.8 Å². The van der Waals surface area contributed by atoms with Crippen LogP contribution in [0.3, 0.4) is 0 Å². The number of hydrogen-bond donors (Lipinski definition) is 4. The maximum absolute atomic E-state index is 12.6. The first-order valence-electron chi connectivity index (χ1n) is 17.8. The summed E-state index contributed by atoms with van der Waals surface area (Å²) in [6.07, 6.45) is -4.89. The van der Waals surface area contributed by atoms with Crippen LogP contribution >= 0.6 is 11.3 Å². The summed E-state index contributed by atoms with van der Waals surface area (Å²) in [5.41, 5.74) is 0.744. The molecule has 0 atom stereocenters. The molecule has 4 N–H and O–H groups in total. The highest BCUT2D eigenvalue weighted by molar-refractivity contribution is 7.94. The first kappa shape index (κ1) is 46.1. The van der Waals surface area contributed by atoms with Crippen LogP contribution in [0.15, 0.2) is 148 Å². The Balaban J connectivity index is 0.000000238. The highest BCUT2D eigenvalue weighted by Crippen LogP contribution is 2.30. The van der Waals surface area contributed by atoms with Crippen LogP contribution in [0.5, 0.6) is 28.7 Å². The van der Waals surface area contributed by atoms with E-state index in [2.05, 4.69) is 14.2 Å². The summed E-state index contributed by atoms with van der Waals surface area (Å²) in [5, 5.41) is 19.5. The molecule has 1 heterocycles. The Hall–Kier alpha value is -6.97. The molecule has 0 saturated carbocycles. The minimum Gasteiger partial charge on any atom is -0.490 e. The minimum absolute atomic E-state index is 0.0445. The van der Waals surface area contributed by atoms with Gasteiger partial charge >= 0.3 is 18.3 Å². The van der Waals surface area contributed by atoms with Gasteiger partial charge in [0, 0.05) is 0 Å². The third-order valence-electron chi connectivity index (χ3n) is 7.81. The number of para-hydroxylation sites is 4. The number of ether oxygens (including phenoxy) is 5. The van der Waals surface area contributed by atoms with Gasteiger partial charge in [-0.15, -0.1) is 24.5 Å². The van der Waals surface area contributed by atoms with Gasteiger partial charge in [0.2, 0.25) is 0 Å². The van der Waals surface area contributed by atoms with Crippen LogP contribution in [0.2, 0.25) is 0 Å². The number of rotatable bonds is 19. The van der Waals surface area contributed by atoms with Gasteiger partial charge in [0.1, 0.15) is 59.4 Å². The van der Waals surface area contributed by atoms with E-state index >= 15 is 0 Å². The lowest BCUT2D eigenvalue weighted by atomic mass is 10.2. The summed E-state index contributed by atoms with van der Waals surface area (Å²) in [5.74, 6) is -1.08. The number of hydrogen-bond acceptors (Lipinski definition) is 12. The van der Waals surface area contributed by atoms with Crippen molar-refractivity contribution in [3.05, 3.63) is 150 Å². The molecule has 0 aliphatic carbocycles. The summed E-state index contributed by atoms with van der Waals surface area (Å²) >= 11 is 1.13. The van der Waals surface area contributed by atoms with Crippen molar-refractivity contribution in [1.82, 2.24) is 0 Å². The van der Waals surface area contributed by atoms with Crippen molar-refractivity contribution in [2.45, 2.75) is 15.5 Å². The third kappa shape index (κ3) is 14.1. The number of benzene rings is 5. The van der Waals surface area contributed by atoms with Crippen molar-refractivity contribution in [3.8, 4) is 28.7 Å². The molecular formula is C41H35F3N2O13S3. The van der Waals surface area contributed by atoms with E-state index in [4.69, 9.17) is 29.2 Å². The van der Waals surface area contributed by atoms with E-state index in [9.17, 15) is 39.6 Å². The lowest BCUT2D eigenvalue weighted by Gasteiger charge is -2.14. The molecule has 0 radical (unpaired) electrons. The number of aromatic carboxylic acids is 2. The second-order valence-electron chi connectivity index (χ2n) is 12.2. The average Bonchev–Trinajstić information content (AvgIpc) is 3.79. The summed E-state index contributed by atoms with van der Waals surface area (Å²) in [6, 6.07) is 31.7. The van der Waals surface area contributed by atoms with Crippen LogP contribution in [0.4, 0.5) is 24.5 Å². The van der Waals surface area contributed by atoms with Crippen LogP contribution < -0.4 is 33.1 Å². The van der Waals surface area contributed by atoms with Gasteiger partial charge < -0.3 is 33.9 Å². The van der Waals surface area contributed by atoms with E-state index < -0.39 is 44.1 Å². The van der Waals surface area contributed by atoms with Crippen LogP contribution in [0.25, 0.3) is 0 Å². The topological polar surface area (TPSA) is 213 Å². The maximum Gasteiger partial charge on any atom is 0.573 e. The van der Waals surface area contributed by atoms with Crippen molar-refractivity contribution >= 4 is 54.7 Å². The molecule has 0 spiro atoms. The quantitative estimate of drug-likeness (QED) is 0.0565. The van der Waals surface area contributed by atoms with Gasteiger partial charge in [-0.3, -0.25) is 9.44 Å². The van der Waals surface area contributed by atoms with Crippen LogP contribution in [-0.2, 0) is 20.0 Å². The van der Waals surface area contributed by atoms with Crippen molar-refractivity contribution in [3.63, 3.8) is 0 Å². The molecular weight excluding hydrogens is 882 g/mol. The number of halogens is 3. The standard InChI is InChI=1S/C22H18F3NO7S.C19H17NO6S2/c23-22(24,25)33-17-9-11-18(12-10-17)34(29,30)26-19-3-1-2-4-20(19)32-14-13-31-16-7-5-15(6-8-16)21(27)28;21-19(22)14-7-9-15(10-8-14)25-11-12-26-17-5-2-1-4-16(17)20-28(23,24)18-6-3-13-27-18/h1-12,26H,13-14H2,(H,27,28);1-10,13,20H,11-12H2,(H,21,22). The number of carboxylic acids is 2. The van der Waals surface area contributed by atoms with Crippen molar-refractivity contribution in [2.75, 3.05) is 35.9 Å². The molecule has 326 valence electrons. The molecule has 0 aliphatic rings. The van der Waals surface area contributed by atoms with Gasteiger partial charge in [0.05, 0.1) is 27.4 Å². The first-order chi connectivity index (χ1) is 29.5. The Morgan fingerprint density at radius 1 is 0.532 bits per heavy atom. The zero-order valence-corrected chi connectivity index (χ0v) is 34.3. The molecule has 15 nitrogen and oxygen atoms in total. The van der Waals surface area contributed by atoms with E-state index in [0.717, 1.165) is 35.6 Å². The Labute approximate surface area is 357 Å². The maximum atomic E-state index is 12.6. The largest absolute Gasteiger partial charge is 0.573 e. The summed E-state index contributed by atoms with van der Waals surface area (Å²) in [7, 11) is -7.79. The third-order valence-corrected chi connectivity index (χ3v) is 12.0. The molecule has 5 aromatic carbocycles. The van der Waals surface area contributed by atoms with Gasteiger partial charge in [-0.05, 0) is 109 Å². The van der Waals surface area contributed by atoms with Gasteiger partial charge in [-0.25, -0.2) is 26.4 Å². The van der Waals surface area contributed by atoms with Gasteiger partial charge in [-0.1, -0.05) is 30.3 Å². The van der Waals surface area contributed by atoms with Crippen molar-refractivity contribution in [2.24, 2.45) is 0 Å². The van der Waals surface area contributed by atoms with E-state index in [1.54, 1.807) is 60.0 Å². The highest BCUT2D eigenvalue weighted by atomic mass is 32.2. The molecule has 1 aromatic heterocycles. The molecule has 0 aliphatic heterocycles. The van der Waals surface area contributed by atoms with Crippen molar-refractivity contribution in [1.29, 1.82) is 0 Å². The minimum atomic E-state index is -4.89. The molecule has 0 saturated heterocycles. The number of thiophene rings is 1. The summed E-state index contributed by atoms with van der Waals surface area (Å²) in [6.45, 7) is 0.522. The summed E-state index contributed by atoms with van der Waals surface area (Å²) in [4.78, 5) is 21.4. The molecule has 6 aromatic rings. The zero-order chi connectivity index (χ0) is 44.8. The lowest BCUT2D eigenvalue weighted by Crippen LogP contribution is -2.17. The monoisotopic (exact) mass is 916 g/mol. The first-order valence-corrected chi connectivity index (χ1v) is 21.6. The number of carboxylic acid groups (broad SMARTS) is 2. The van der Waals surface area contributed by atoms with E-state index in [0.29, 0.717) is 22.9 Å². The fraction of sp³-hybridized carbons (Fsp3) is 0.122. The SMILES string of the molecule is O=C(O)c1ccc(OCCOc2ccccc2NS(=O)(=O)c2ccc(OC(F)(F)F)cc2)cc1.O=C(O)c1ccc(OCCOc2ccccc2NS(=O)(=O)c2cccs2)cc1. The number of carbonyl (C=O) groups is 2. The Morgan fingerprint density at radius 3 is 1.37 bits per heavy atom. The van der Waals surface area contributed by atoms with E-state index in [-0.39, 0.29) is 58.1 Å². The molecule has 0 fully saturated rings. The average molecular weight is 917 g/mol. The van der Waals surface area contributed by atoms with Crippen LogP contribution in [0, 0.1) is 0 Å².